The van der Waals surface area contributed by atoms with Gasteiger partial charge < -0.3 is 5.32 Å². The minimum atomic E-state index is -0.601. The average Bonchev–Trinajstić information content (AvgIpc) is 2.85. The van der Waals surface area contributed by atoms with E-state index in [0.29, 0.717) is 0 Å². The van der Waals surface area contributed by atoms with Gasteiger partial charge in [0, 0.05) is 28.8 Å². The number of nitro benzene ring substituents is 1. The Balaban J connectivity index is 2.17. The van der Waals surface area contributed by atoms with Crippen LogP contribution < -0.4 is 5.32 Å². The maximum absolute atomic E-state index is 12.1. The number of nitrogens with one attached hydrogen (secondary N) is 1. The molecule has 2 unspecified atom stereocenters. The van der Waals surface area contributed by atoms with Gasteiger partial charge in [0.1, 0.15) is 0 Å². The number of rotatable bonds is 3. The normalized spacial score (nSPS) is 21.2. The monoisotopic (exact) mass is 293 g/mol. The molecule has 0 heterocycles. The number of nitriles is 1. The Labute approximate surface area is 120 Å². The topological polar surface area (TPSA) is 96.0 Å². The number of amides is 1. The maximum atomic E-state index is 12.1. The molecule has 0 aliphatic heterocycles. The third-order valence-corrected chi connectivity index (χ3v) is 3.57. The van der Waals surface area contributed by atoms with Gasteiger partial charge in [-0.2, -0.15) is 5.26 Å². The molecule has 0 spiro atoms. The van der Waals surface area contributed by atoms with Crippen molar-refractivity contribution in [2.24, 2.45) is 5.92 Å². The highest BCUT2D eigenvalue weighted by Gasteiger charge is 2.29. The number of carbonyl (C=O) groups is 1. The summed E-state index contributed by atoms with van der Waals surface area (Å²) in [4.78, 5) is 22.2. The largest absolute Gasteiger partial charge is 0.348 e. The molecule has 1 N–H and O–H groups in total. The molecule has 104 valence electrons. The van der Waals surface area contributed by atoms with Crippen LogP contribution in [0.1, 0.15) is 29.6 Å². The molecule has 20 heavy (non-hydrogen) atoms. The molecule has 1 amide bonds. The van der Waals surface area contributed by atoms with E-state index in [9.17, 15) is 14.9 Å². The van der Waals surface area contributed by atoms with Crippen LogP contribution in [0.25, 0.3) is 0 Å². The van der Waals surface area contributed by atoms with Crippen LogP contribution in [0.2, 0.25) is 5.02 Å². The minimum Gasteiger partial charge on any atom is -0.348 e. The minimum absolute atomic E-state index is 0.132. The smallest absolute Gasteiger partial charge is 0.271 e. The van der Waals surface area contributed by atoms with Crippen molar-refractivity contribution in [2.75, 3.05) is 0 Å². The molecular weight excluding hydrogens is 282 g/mol. The predicted molar refractivity (Wildman–Crippen MR) is 72.3 cm³/mol. The van der Waals surface area contributed by atoms with Crippen molar-refractivity contribution in [3.8, 4) is 6.07 Å². The molecule has 2 atom stereocenters. The van der Waals surface area contributed by atoms with Gasteiger partial charge in [-0.25, -0.2) is 0 Å². The summed E-state index contributed by atoms with van der Waals surface area (Å²) in [5, 5.41) is 22.6. The summed E-state index contributed by atoms with van der Waals surface area (Å²) in [6.07, 6.45) is 2.39. The fourth-order valence-corrected chi connectivity index (χ4v) is 2.58. The van der Waals surface area contributed by atoms with Gasteiger partial charge in [-0.15, -0.1) is 0 Å². The molecule has 0 radical (unpaired) electrons. The Morgan fingerprint density at radius 1 is 1.45 bits per heavy atom. The molecule has 1 saturated carbocycles. The molecule has 0 bridgehead atoms. The summed E-state index contributed by atoms with van der Waals surface area (Å²) in [6, 6.07) is 5.70. The molecule has 1 aliphatic rings. The lowest BCUT2D eigenvalue weighted by molar-refractivity contribution is -0.384. The van der Waals surface area contributed by atoms with E-state index in [2.05, 4.69) is 11.4 Å². The number of benzene rings is 1. The van der Waals surface area contributed by atoms with Crippen molar-refractivity contribution in [1.82, 2.24) is 5.32 Å². The number of nitrogens with zero attached hydrogens (tertiary/aromatic N) is 2. The van der Waals surface area contributed by atoms with Gasteiger partial charge in [0.15, 0.2) is 0 Å². The predicted octanol–water partition coefficient (Wildman–Crippen LogP) is 2.67. The van der Waals surface area contributed by atoms with Gasteiger partial charge in [-0.3, -0.25) is 14.9 Å². The van der Waals surface area contributed by atoms with E-state index in [-0.39, 0.29) is 28.2 Å². The van der Waals surface area contributed by atoms with E-state index in [4.69, 9.17) is 16.9 Å². The number of hydrogen-bond donors (Lipinski definition) is 1. The van der Waals surface area contributed by atoms with Crippen molar-refractivity contribution in [3.05, 3.63) is 38.9 Å². The number of carbonyl (C=O) groups excluding carboxylic acids is 1. The number of nitro groups is 1. The van der Waals surface area contributed by atoms with Gasteiger partial charge in [0.05, 0.1) is 16.9 Å². The molecule has 1 aliphatic carbocycles. The van der Waals surface area contributed by atoms with Crippen LogP contribution >= 0.6 is 11.6 Å². The van der Waals surface area contributed by atoms with Gasteiger partial charge >= 0.3 is 0 Å². The highest BCUT2D eigenvalue weighted by Crippen LogP contribution is 2.26. The van der Waals surface area contributed by atoms with Gasteiger partial charge in [0.25, 0.3) is 11.6 Å². The first-order chi connectivity index (χ1) is 9.51. The molecule has 0 aromatic heterocycles. The summed E-state index contributed by atoms with van der Waals surface area (Å²) < 4.78 is 0. The first-order valence-electron chi connectivity index (χ1n) is 6.16. The van der Waals surface area contributed by atoms with E-state index in [1.165, 1.54) is 18.2 Å². The first kappa shape index (κ1) is 14.3. The SMILES string of the molecule is N#CC1CCCC1NC(=O)c1cc(Cl)cc([N+](=O)[O-])c1. The lowest BCUT2D eigenvalue weighted by Gasteiger charge is -2.15. The maximum Gasteiger partial charge on any atom is 0.271 e. The Kier molecular flexibility index (Phi) is 4.20. The average molecular weight is 294 g/mol. The molecule has 6 nitrogen and oxygen atoms in total. The molecule has 1 aromatic rings. The van der Waals surface area contributed by atoms with Gasteiger partial charge in [0.2, 0.25) is 0 Å². The number of non-ortho nitro benzene ring substituents is 1. The number of halogens is 1. The summed E-state index contributed by atoms with van der Waals surface area (Å²) >= 11 is 5.77. The number of hydrogen-bond acceptors (Lipinski definition) is 4. The van der Waals surface area contributed by atoms with Crippen molar-refractivity contribution in [3.63, 3.8) is 0 Å². The molecule has 7 heteroatoms. The van der Waals surface area contributed by atoms with Crippen LogP contribution in [0, 0.1) is 27.4 Å². The third-order valence-electron chi connectivity index (χ3n) is 3.35. The second-order valence-electron chi connectivity index (χ2n) is 4.70. The van der Waals surface area contributed by atoms with Crippen LogP contribution in [0.4, 0.5) is 5.69 Å². The van der Waals surface area contributed by atoms with Crippen LogP contribution in [-0.2, 0) is 0 Å². The quantitative estimate of drug-likeness (QED) is 0.684. The summed E-state index contributed by atoms with van der Waals surface area (Å²) in [5.41, 5.74) is -0.0984. The summed E-state index contributed by atoms with van der Waals surface area (Å²) in [7, 11) is 0. The second-order valence-corrected chi connectivity index (χ2v) is 5.14. The Morgan fingerprint density at radius 3 is 2.85 bits per heavy atom. The second kappa shape index (κ2) is 5.88. The third kappa shape index (κ3) is 3.06. The fourth-order valence-electron chi connectivity index (χ4n) is 2.35. The van der Waals surface area contributed by atoms with Gasteiger partial charge in [-0.05, 0) is 25.3 Å². The fraction of sp³-hybridized carbons (Fsp3) is 0.385. The van der Waals surface area contributed by atoms with E-state index >= 15 is 0 Å². The van der Waals surface area contributed by atoms with Crippen molar-refractivity contribution in [1.29, 1.82) is 5.26 Å². The van der Waals surface area contributed by atoms with Crippen molar-refractivity contribution >= 4 is 23.2 Å². The Morgan fingerprint density at radius 2 is 2.20 bits per heavy atom. The molecule has 1 aromatic carbocycles. The lowest BCUT2D eigenvalue weighted by atomic mass is 10.1. The standard InChI is InChI=1S/C13H12ClN3O3/c14-10-4-9(5-11(6-10)17(19)20)13(18)16-12-3-1-2-8(12)7-15/h4-6,8,12H,1-3H2,(H,16,18). The van der Waals surface area contributed by atoms with Crippen LogP contribution in [0.15, 0.2) is 18.2 Å². The van der Waals surface area contributed by atoms with E-state index in [1.54, 1.807) is 0 Å². The zero-order valence-corrected chi connectivity index (χ0v) is 11.3. The molecule has 0 saturated heterocycles. The molecule has 1 fully saturated rings. The highest BCUT2D eigenvalue weighted by atomic mass is 35.5. The van der Waals surface area contributed by atoms with E-state index < -0.39 is 10.8 Å². The molecular formula is C13H12ClN3O3. The lowest BCUT2D eigenvalue weighted by Crippen LogP contribution is -2.36. The zero-order chi connectivity index (χ0) is 14.7. The Bertz CT molecular complexity index is 597. The van der Waals surface area contributed by atoms with Crippen LogP contribution in [0.5, 0.6) is 0 Å². The van der Waals surface area contributed by atoms with Crippen molar-refractivity contribution < 1.29 is 9.72 Å². The van der Waals surface area contributed by atoms with Crippen molar-refractivity contribution in [2.45, 2.75) is 25.3 Å². The molecule has 2 rings (SSSR count). The Hall–Kier alpha value is -2.13. The van der Waals surface area contributed by atoms with E-state index in [1.807, 2.05) is 0 Å². The van der Waals surface area contributed by atoms with Gasteiger partial charge in [-0.1, -0.05) is 11.6 Å². The highest BCUT2D eigenvalue weighted by molar-refractivity contribution is 6.31. The first-order valence-corrected chi connectivity index (χ1v) is 6.54. The summed E-state index contributed by atoms with van der Waals surface area (Å²) in [6.45, 7) is 0. The van der Waals surface area contributed by atoms with Crippen LogP contribution in [-0.4, -0.2) is 16.9 Å². The van der Waals surface area contributed by atoms with E-state index in [0.717, 1.165) is 19.3 Å². The summed E-state index contributed by atoms with van der Waals surface area (Å²) in [5.74, 6) is -0.643. The zero-order valence-electron chi connectivity index (χ0n) is 10.5. The van der Waals surface area contributed by atoms with Crippen LogP contribution in [0.3, 0.4) is 0 Å².